The van der Waals surface area contributed by atoms with Crippen LogP contribution >= 0.6 is 12.0 Å². The van der Waals surface area contributed by atoms with Crippen LogP contribution < -0.4 is 9.66 Å². The Balaban J connectivity index is 1.99. The van der Waals surface area contributed by atoms with Crippen molar-refractivity contribution in [2.24, 2.45) is 0 Å². The van der Waals surface area contributed by atoms with Gasteiger partial charge in [0.15, 0.2) is 0 Å². The first-order valence-corrected chi connectivity index (χ1v) is 6.64. The fourth-order valence-corrected chi connectivity index (χ4v) is 2.07. The molecular weight excluding hydrogens is 274 g/mol. The molecule has 2 rings (SSSR count). The van der Waals surface area contributed by atoms with E-state index in [0.717, 1.165) is 16.2 Å². The Bertz CT molecular complexity index is 599. The fraction of sp³-hybridized carbons (Fsp3) is 0. The summed E-state index contributed by atoms with van der Waals surface area (Å²) in [5.41, 5.74) is 2.38. The summed E-state index contributed by atoms with van der Waals surface area (Å²) < 4.78 is 5.57. The monoisotopic (exact) mass is 287 g/mol. The highest BCUT2D eigenvalue weighted by atomic mass is 32.2. The van der Waals surface area contributed by atoms with Crippen molar-refractivity contribution in [1.29, 1.82) is 0 Å². The smallest absolute Gasteiger partial charge is 0.267 e. The summed E-state index contributed by atoms with van der Waals surface area (Å²) in [6, 6.07) is 17.0. The third-order valence-corrected chi connectivity index (χ3v) is 3.09. The average molecular weight is 287 g/mol. The zero-order valence-corrected chi connectivity index (χ0v) is 11.3. The van der Waals surface area contributed by atoms with Gasteiger partial charge in [0.05, 0.1) is 12.0 Å². The minimum Gasteiger partial charge on any atom is -0.421 e. The number of hydrogen-bond donors (Lipinski definition) is 2. The number of amides is 1. The van der Waals surface area contributed by atoms with Gasteiger partial charge in [0, 0.05) is 11.0 Å². The molecular formula is C15H13NO3S. The molecule has 0 aliphatic carbocycles. The minimum absolute atomic E-state index is 0.566. The van der Waals surface area contributed by atoms with Crippen LogP contribution in [0.5, 0.6) is 5.75 Å². The molecule has 0 saturated carbocycles. The number of nitrogens with one attached hydrogen (secondary N) is 1. The van der Waals surface area contributed by atoms with Gasteiger partial charge < -0.3 is 4.18 Å². The van der Waals surface area contributed by atoms with Gasteiger partial charge in [-0.25, -0.2) is 5.48 Å². The SMILES string of the molecule is O=C(/C=C/c1cccc(SOc2ccccc2)c1)NO. The van der Waals surface area contributed by atoms with Gasteiger partial charge in [0.1, 0.15) is 5.75 Å². The number of hydroxylamine groups is 1. The molecule has 5 heteroatoms. The Morgan fingerprint density at radius 2 is 1.95 bits per heavy atom. The Labute approximate surface area is 121 Å². The first-order valence-electron chi connectivity index (χ1n) is 5.90. The highest BCUT2D eigenvalue weighted by Crippen LogP contribution is 2.24. The molecule has 0 saturated heterocycles. The third-order valence-electron chi connectivity index (χ3n) is 2.37. The van der Waals surface area contributed by atoms with Gasteiger partial charge in [-0.1, -0.05) is 30.3 Å². The van der Waals surface area contributed by atoms with E-state index in [1.807, 2.05) is 54.6 Å². The number of carbonyl (C=O) groups is 1. The molecule has 0 aliphatic heterocycles. The summed E-state index contributed by atoms with van der Waals surface area (Å²) in [5, 5.41) is 8.40. The molecule has 2 N–H and O–H groups in total. The fourth-order valence-electron chi connectivity index (χ4n) is 1.45. The lowest BCUT2D eigenvalue weighted by Gasteiger charge is -2.04. The Morgan fingerprint density at radius 1 is 1.15 bits per heavy atom. The van der Waals surface area contributed by atoms with Gasteiger partial charge in [-0.05, 0) is 35.9 Å². The van der Waals surface area contributed by atoms with Crippen LogP contribution in [0.3, 0.4) is 0 Å². The molecule has 0 unspecified atom stereocenters. The quantitative estimate of drug-likeness (QED) is 0.383. The largest absolute Gasteiger partial charge is 0.421 e. The van der Waals surface area contributed by atoms with Gasteiger partial charge in [-0.3, -0.25) is 10.0 Å². The summed E-state index contributed by atoms with van der Waals surface area (Å²) in [4.78, 5) is 11.8. The topological polar surface area (TPSA) is 58.6 Å². The molecule has 0 atom stereocenters. The zero-order chi connectivity index (χ0) is 14.2. The van der Waals surface area contributed by atoms with Crippen LogP contribution in [0.25, 0.3) is 6.08 Å². The molecule has 0 fully saturated rings. The van der Waals surface area contributed by atoms with Crippen LogP contribution in [0, 0.1) is 0 Å². The van der Waals surface area contributed by atoms with Gasteiger partial charge in [0.2, 0.25) is 0 Å². The number of hydrogen-bond acceptors (Lipinski definition) is 4. The van der Waals surface area contributed by atoms with Crippen molar-refractivity contribution in [1.82, 2.24) is 5.48 Å². The van der Waals surface area contributed by atoms with Crippen LogP contribution in [0.1, 0.15) is 5.56 Å². The molecule has 4 nitrogen and oxygen atoms in total. The Hall–Kier alpha value is -2.24. The van der Waals surface area contributed by atoms with E-state index in [2.05, 4.69) is 0 Å². The maximum absolute atomic E-state index is 10.9. The molecule has 0 radical (unpaired) electrons. The molecule has 102 valence electrons. The van der Waals surface area contributed by atoms with Crippen molar-refractivity contribution in [3.63, 3.8) is 0 Å². The molecule has 20 heavy (non-hydrogen) atoms. The first kappa shape index (κ1) is 14.2. The van der Waals surface area contributed by atoms with Gasteiger partial charge in [-0.15, -0.1) is 0 Å². The normalized spacial score (nSPS) is 10.4. The van der Waals surface area contributed by atoms with E-state index in [4.69, 9.17) is 9.39 Å². The van der Waals surface area contributed by atoms with Crippen molar-refractivity contribution < 1.29 is 14.2 Å². The van der Waals surface area contributed by atoms with Crippen molar-refractivity contribution in [3.05, 3.63) is 66.2 Å². The minimum atomic E-state index is -0.566. The summed E-state index contributed by atoms with van der Waals surface area (Å²) in [5.74, 6) is 0.210. The third kappa shape index (κ3) is 4.46. The van der Waals surface area contributed by atoms with Crippen LogP contribution in [0.2, 0.25) is 0 Å². The van der Waals surface area contributed by atoms with Gasteiger partial charge in [-0.2, -0.15) is 0 Å². The molecule has 0 spiro atoms. The standard InChI is InChI=1S/C15H13NO3S/c17-15(16-18)10-9-12-5-4-8-14(11-12)20-19-13-6-2-1-3-7-13/h1-11,18H,(H,16,17)/b10-9+. The van der Waals surface area contributed by atoms with Gasteiger partial charge in [0.25, 0.3) is 5.91 Å². The molecule has 0 bridgehead atoms. The van der Waals surface area contributed by atoms with E-state index < -0.39 is 5.91 Å². The van der Waals surface area contributed by atoms with E-state index in [-0.39, 0.29) is 0 Å². The van der Waals surface area contributed by atoms with Crippen LogP contribution in [-0.4, -0.2) is 11.1 Å². The molecule has 0 heterocycles. The highest BCUT2D eigenvalue weighted by Gasteiger charge is 1.98. The van der Waals surface area contributed by atoms with Crippen molar-refractivity contribution >= 4 is 24.0 Å². The van der Waals surface area contributed by atoms with E-state index in [0.29, 0.717) is 0 Å². The molecule has 2 aromatic rings. The van der Waals surface area contributed by atoms with Crippen LogP contribution in [0.15, 0.2) is 65.6 Å². The summed E-state index contributed by atoms with van der Waals surface area (Å²) >= 11 is 1.24. The van der Waals surface area contributed by atoms with Crippen molar-refractivity contribution in [3.8, 4) is 5.75 Å². The summed E-state index contributed by atoms with van der Waals surface area (Å²) in [6.07, 6.45) is 2.86. The molecule has 0 aliphatic rings. The van der Waals surface area contributed by atoms with E-state index in [9.17, 15) is 4.79 Å². The van der Waals surface area contributed by atoms with Crippen molar-refractivity contribution in [2.75, 3.05) is 0 Å². The van der Waals surface area contributed by atoms with E-state index >= 15 is 0 Å². The second kappa shape index (κ2) is 7.37. The number of para-hydroxylation sites is 1. The van der Waals surface area contributed by atoms with Crippen LogP contribution in [0.4, 0.5) is 0 Å². The Morgan fingerprint density at radius 3 is 2.70 bits per heavy atom. The number of rotatable bonds is 5. The molecule has 1 amide bonds. The second-order valence-corrected chi connectivity index (χ2v) is 4.67. The Kier molecular flexibility index (Phi) is 5.23. The maximum atomic E-state index is 10.9. The summed E-state index contributed by atoms with van der Waals surface area (Å²) in [6.45, 7) is 0. The zero-order valence-electron chi connectivity index (χ0n) is 10.5. The predicted octanol–water partition coefficient (Wildman–Crippen LogP) is 3.29. The molecule has 0 aromatic heterocycles. The average Bonchev–Trinajstić information content (AvgIpc) is 2.52. The molecule has 2 aromatic carbocycles. The first-order chi connectivity index (χ1) is 9.78. The van der Waals surface area contributed by atoms with E-state index in [1.165, 1.54) is 18.1 Å². The number of benzene rings is 2. The number of carbonyl (C=O) groups excluding carboxylic acids is 1. The van der Waals surface area contributed by atoms with E-state index in [1.54, 1.807) is 11.6 Å². The van der Waals surface area contributed by atoms with Crippen molar-refractivity contribution in [2.45, 2.75) is 4.90 Å². The maximum Gasteiger partial charge on any atom is 0.267 e. The highest BCUT2D eigenvalue weighted by molar-refractivity contribution is 7.95. The lowest BCUT2D eigenvalue weighted by molar-refractivity contribution is -0.124. The lowest BCUT2D eigenvalue weighted by atomic mass is 10.2. The predicted molar refractivity (Wildman–Crippen MR) is 78.3 cm³/mol. The van der Waals surface area contributed by atoms with Gasteiger partial charge >= 0.3 is 0 Å². The summed E-state index contributed by atoms with van der Waals surface area (Å²) in [7, 11) is 0. The lowest BCUT2D eigenvalue weighted by Crippen LogP contribution is -2.14. The van der Waals surface area contributed by atoms with Crippen LogP contribution in [-0.2, 0) is 4.79 Å². The second-order valence-electron chi connectivity index (χ2n) is 3.86.